The number of hydrogen-bond donors (Lipinski definition) is 3. The molecule has 7 nitrogen and oxygen atoms in total. The second-order valence-corrected chi connectivity index (χ2v) is 6.66. The molecule has 1 aromatic rings. The van der Waals surface area contributed by atoms with Gasteiger partial charge in [-0.3, -0.25) is 4.79 Å². The van der Waals surface area contributed by atoms with E-state index < -0.39 is 10.0 Å². The first-order valence-electron chi connectivity index (χ1n) is 6.57. The fourth-order valence-corrected chi connectivity index (χ4v) is 2.88. The quantitative estimate of drug-likeness (QED) is 0.706. The molecule has 1 saturated heterocycles. The lowest BCUT2D eigenvalue weighted by Gasteiger charge is -2.11. The highest BCUT2D eigenvalue weighted by Gasteiger charge is 2.29. The Labute approximate surface area is 124 Å². The molecule has 1 fully saturated rings. The third-order valence-electron chi connectivity index (χ3n) is 3.44. The lowest BCUT2D eigenvalue weighted by atomic mass is 10.2. The fourth-order valence-electron chi connectivity index (χ4n) is 2.15. The number of ether oxygens (including phenoxy) is 1. The Hall–Kier alpha value is -1.48. The van der Waals surface area contributed by atoms with E-state index in [-0.39, 0.29) is 22.9 Å². The molecule has 0 bridgehead atoms. The maximum absolute atomic E-state index is 12.1. The number of amides is 1. The third kappa shape index (κ3) is 3.79. The molecular formula is C13H19N3O4S. The predicted octanol–water partition coefficient (Wildman–Crippen LogP) is -0.0899. The average Bonchev–Trinajstić information content (AvgIpc) is 2.97. The van der Waals surface area contributed by atoms with Crippen molar-refractivity contribution in [1.29, 1.82) is 0 Å². The molecule has 1 heterocycles. The number of carbonyl (C=O) groups excluding carboxylic acids is 1. The standard InChI is InChI=1S/C13H19N3O4S/c1-14-21(18,19)11-5-3-9(4-6-11)16-13(17)12-7-10(20-2)8-15-12/h3-6,10,12,14-15H,7-8H2,1-2H3,(H,16,17). The molecule has 0 aromatic heterocycles. The van der Waals surface area contributed by atoms with Gasteiger partial charge < -0.3 is 15.4 Å². The number of benzene rings is 1. The summed E-state index contributed by atoms with van der Waals surface area (Å²) in [7, 11) is -0.493. The predicted molar refractivity (Wildman–Crippen MR) is 78.5 cm³/mol. The minimum absolute atomic E-state index is 0.0453. The molecule has 1 amide bonds. The van der Waals surface area contributed by atoms with Crippen LogP contribution in [0.4, 0.5) is 5.69 Å². The highest BCUT2D eigenvalue weighted by Crippen LogP contribution is 2.16. The maximum Gasteiger partial charge on any atom is 0.241 e. The van der Waals surface area contributed by atoms with Crippen molar-refractivity contribution in [2.45, 2.75) is 23.5 Å². The van der Waals surface area contributed by atoms with Crippen LogP contribution in [0.5, 0.6) is 0 Å². The van der Waals surface area contributed by atoms with Gasteiger partial charge >= 0.3 is 0 Å². The summed E-state index contributed by atoms with van der Waals surface area (Å²) >= 11 is 0. The van der Waals surface area contributed by atoms with Crippen LogP contribution in [-0.4, -0.2) is 47.2 Å². The monoisotopic (exact) mass is 313 g/mol. The molecule has 3 N–H and O–H groups in total. The Morgan fingerprint density at radius 2 is 2.00 bits per heavy atom. The van der Waals surface area contributed by atoms with Crippen LogP contribution >= 0.6 is 0 Å². The van der Waals surface area contributed by atoms with Gasteiger partial charge in [0, 0.05) is 19.3 Å². The van der Waals surface area contributed by atoms with E-state index in [1.807, 2.05) is 0 Å². The van der Waals surface area contributed by atoms with Crippen LogP contribution in [-0.2, 0) is 19.6 Å². The van der Waals surface area contributed by atoms with Crippen molar-refractivity contribution < 1.29 is 17.9 Å². The zero-order valence-corrected chi connectivity index (χ0v) is 12.7. The smallest absolute Gasteiger partial charge is 0.241 e. The third-order valence-corrected chi connectivity index (χ3v) is 4.87. The fraction of sp³-hybridized carbons (Fsp3) is 0.462. The number of anilines is 1. The molecule has 116 valence electrons. The van der Waals surface area contributed by atoms with Crippen molar-refractivity contribution in [2.24, 2.45) is 0 Å². The first-order valence-corrected chi connectivity index (χ1v) is 8.05. The highest BCUT2D eigenvalue weighted by molar-refractivity contribution is 7.89. The Kier molecular flexibility index (Phi) is 4.94. The molecule has 21 heavy (non-hydrogen) atoms. The van der Waals surface area contributed by atoms with Crippen molar-refractivity contribution in [3.05, 3.63) is 24.3 Å². The second-order valence-electron chi connectivity index (χ2n) is 4.78. The van der Waals surface area contributed by atoms with Gasteiger partial charge in [0.1, 0.15) is 0 Å². The molecule has 1 aliphatic rings. The number of hydrogen-bond acceptors (Lipinski definition) is 5. The normalized spacial score (nSPS) is 22.2. The van der Waals surface area contributed by atoms with Crippen molar-refractivity contribution >= 4 is 21.6 Å². The van der Waals surface area contributed by atoms with E-state index in [9.17, 15) is 13.2 Å². The summed E-state index contributed by atoms with van der Waals surface area (Å²) in [5.74, 6) is -0.154. The lowest BCUT2D eigenvalue weighted by Crippen LogP contribution is -2.35. The van der Waals surface area contributed by atoms with Crippen LogP contribution in [0, 0.1) is 0 Å². The van der Waals surface area contributed by atoms with Crippen molar-refractivity contribution in [1.82, 2.24) is 10.0 Å². The van der Waals surface area contributed by atoms with Crippen molar-refractivity contribution in [3.63, 3.8) is 0 Å². The largest absolute Gasteiger partial charge is 0.380 e. The van der Waals surface area contributed by atoms with E-state index in [1.54, 1.807) is 19.2 Å². The summed E-state index contributed by atoms with van der Waals surface area (Å²) < 4.78 is 30.6. The van der Waals surface area contributed by atoms with E-state index in [0.717, 1.165) is 0 Å². The van der Waals surface area contributed by atoms with Crippen LogP contribution in [0.1, 0.15) is 6.42 Å². The summed E-state index contributed by atoms with van der Waals surface area (Å²) in [6.07, 6.45) is 0.665. The number of sulfonamides is 1. The molecular weight excluding hydrogens is 294 g/mol. The number of carbonyl (C=O) groups is 1. The van der Waals surface area contributed by atoms with E-state index >= 15 is 0 Å². The molecule has 1 aromatic carbocycles. The Morgan fingerprint density at radius 1 is 1.33 bits per heavy atom. The van der Waals surface area contributed by atoms with E-state index in [0.29, 0.717) is 18.7 Å². The summed E-state index contributed by atoms with van der Waals surface area (Å²) in [5.41, 5.74) is 0.553. The van der Waals surface area contributed by atoms with Gasteiger partial charge in [0.25, 0.3) is 0 Å². The van der Waals surface area contributed by atoms with Gasteiger partial charge in [0.05, 0.1) is 17.0 Å². The Bertz CT molecular complexity index is 600. The molecule has 0 radical (unpaired) electrons. The van der Waals surface area contributed by atoms with Gasteiger partial charge in [0.2, 0.25) is 15.9 Å². The minimum Gasteiger partial charge on any atom is -0.380 e. The number of methoxy groups -OCH3 is 1. The van der Waals surface area contributed by atoms with Crippen LogP contribution in [0.15, 0.2) is 29.2 Å². The highest BCUT2D eigenvalue weighted by atomic mass is 32.2. The van der Waals surface area contributed by atoms with Gasteiger partial charge in [-0.2, -0.15) is 0 Å². The summed E-state index contributed by atoms with van der Waals surface area (Å²) in [6.45, 7) is 0.647. The van der Waals surface area contributed by atoms with E-state index in [2.05, 4.69) is 15.4 Å². The molecule has 2 atom stereocenters. The van der Waals surface area contributed by atoms with Crippen LogP contribution in [0.3, 0.4) is 0 Å². The zero-order valence-electron chi connectivity index (χ0n) is 11.9. The molecule has 0 spiro atoms. The van der Waals surface area contributed by atoms with Crippen molar-refractivity contribution in [2.75, 3.05) is 26.0 Å². The van der Waals surface area contributed by atoms with Crippen LogP contribution < -0.4 is 15.4 Å². The van der Waals surface area contributed by atoms with Gasteiger partial charge in [-0.1, -0.05) is 0 Å². The molecule has 0 aliphatic carbocycles. The minimum atomic E-state index is -3.46. The number of rotatable bonds is 5. The van der Waals surface area contributed by atoms with Gasteiger partial charge in [-0.25, -0.2) is 13.1 Å². The van der Waals surface area contributed by atoms with Gasteiger partial charge in [-0.15, -0.1) is 0 Å². The molecule has 2 rings (SSSR count). The Morgan fingerprint density at radius 3 is 2.52 bits per heavy atom. The second kappa shape index (κ2) is 6.52. The van der Waals surface area contributed by atoms with Crippen LogP contribution in [0.2, 0.25) is 0 Å². The molecule has 8 heteroatoms. The summed E-state index contributed by atoms with van der Waals surface area (Å²) in [6, 6.07) is 5.72. The maximum atomic E-state index is 12.1. The summed E-state index contributed by atoms with van der Waals surface area (Å²) in [4.78, 5) is 12.2. The van der Waals surface area contributed by atoms with E-state index in [4.69, 9.17) is 4.74 Å². The zero-order chi connectivity index (χ0) is 15.5. The molecule has 1 aliphatic heterocycles. The number of nitrogens with one attached hydrogen (secondary N) is 3. The van der Waals surface area contributed by atoms with E-state index in [1.165, 1.54) is 19.2 Å². The van der Waals surface area contributed by atoms with Crippen LogP contribution in [0.25, 0.3) is 0 Å². The summed E-state index contributed by atoms with van der Waals surface area (Å²) in [5, 5.41) is 5.83. The Balaban J connectivity index is 1.99. The first kappa shape index (κ1) is 15.9. The average molecular weight is 313 g/mol. The van der Waals surface area contributed by atoms with Crippen molar-refractivity contribution in [3.8, 4) is 0 Å². The molecule has 0 saturated carbocycles. The lowest BCUT2D eigenvalue weighted by molar-refractivity contribution is -0.118. The topological polar surface area (TPSA) is 96.5 Å². The first-order chi connectivity index (χ1) is 9.96. The van der Waals surface area contributed by atoms with Gasteiger partial charge in [-0.05, 0) is 37.7 Å². The SMILES string of the molecule is CNS(=O)(=O)c1ccc(NC(=O)C2CC(OC)CN2)cc1. The van der Waals surface area contributed by atoms with Gasteiger partial charge in [0.15, 0.2) is 0 Å². The molecule has 2 unspecified atom stereocenters.